The fourth-order valence-electron chi connectivity index (χ4n) is 5.58. The van der Waals surface area contributed by atoms with Gasteiger partial charge in [0.15, 0.2) is 11.6 Å². The predicted octanol–water partition coefficient (Wildman–Crippen LogP) is 2.13. The first-order valence-corrected chi connectivity index (χ1v) is 13.3. The zero-order valence-electron chi connectivity index (χ0n) is 22.1. The summed E-state index contributed by atoms with van der Waals surface area (Å²) in [5, 5.41) is 6.21. The number of ether oxygens (including phenoxy) is 1. The van der Waals surface area contributed by atoms with Gasteiger partial charge in [-0.1, -0.05) is 19.3 Å². The Morgan fingerprint density at radius 2 is 1.66 bits per heavy atom. The van der Waals surface area contributed by atoms with Crippen molar-refractivity contribution in [3.63, 3.8) is 0 Å². The number of methoxy groups -OCH3 is 1. The van der Waals surface area contributed by atoms with Gasteiger partial charge in [-0.15, -0.1) is 0 Å². The Kier molecular flexibility index (Phi) is 9.32. The maximum atomic E-state index is 14.0. The van der Waals surface area contributed by atoms with Crippen molar-refractivity contribution in [2.45, 2.75) is 44.7 Å². The normalized spacial score (nSPS) is 17.6. The van der Waals surface area contributed by atoms with E-state index >= 15 is 0 Å². The van der Waals surface area contributed by atoms with Crippen LogP contribution in [-0.2, 0) is 20.9 Å². The molecule has 1 aliphatic heterocycles. The van der Waals surface area contributed by atoms with Gasteiger partial charge in [0.25, 0.3) is 5.91 Å². The molecule has 2 heterocycles. The molecule has 1 aliphatic carbocycles. The lowest BCUT2D eigenvalue weighted by molar-refractivity contribution is -0.139. The lowest BCUT2D eigenvalue weighted by Crippen LogP contribution is -2.58. The van der Waals surface area contributed by atoms with Crippen molar-refractivity contribution in [1.82, 2.24) is 25.0 Å². The fraction of sp³-hybridized carbons (Fsp3) is 0.593. The topological polar surface area (TPSA) is 95.9 Å². The predicted molar refractivity (Wildman–Crippen MR) is 139 cm³/mol. The van der Waals surface area contributed by atoms with E-state index in [1.807, 2.05) is 0 Å². The quantitative estimate of drug-likeness (QED) is 0.515. The summed E-state index contributed by atoms with van der Waals surface area (Å²) in [7, 11) is 3.22. The van der Waals surface area contributed by atoms with Gasteiger partial charge in [-0.05, 0) is 37.9 Å². The van der Waals surface area contributed by atoms with E-state index in [2.05, 4.69) is 10.6 Å². The smallest absolute Gasteiger partial charge is 0.270 e. The van der Waals surface area contributed by atoms with Crippen LogP contribution in [-0.4, -0.2) is 91.6 Å². The summed E-state index contributed by atoms with van der Waals surface area (Å²) in [4.78, 5) is 42.8. The Balaban J connectivity index is 1.47. The summed E-state index contributed by atoms with van der Waals surface area (Å²) in [6, 6.07) is 3.19. The van der Waals surface area contributed by atoms with E-state index in [9.17, 15) is 23.2 Å². The molecule has 1 atom stereocenters. The number of carbonyl (C=O) groups is 3. The van der Waals surface area contributed by atoms with Gasteiger partial charge in [-0.2, -0.15) is 0 Å². The summed E-state index contributed by atoms with van der Waals surface area (Å²) >= 11 is 0. The summed E-state index contributed by atoms with van der Waals surface area (Å²) in [6.07, 6.45) is 5.04. The van der Waals surface area contributed by atoms with E-state index in [0.717, 1.165) is 44.2 Å². The van der Waals surface area contributed by atoms with Crippen molar-refractivity contribution in [2.75, 3.05) is 53.5 Å². The van der Waals surface area contributed by atoms with Crippen LogP contribution in [0.3, 0.4) is 0 Å². The van der Waals surface area contributed by atoms with Gasteiger partial charge < -0.3 is 29.7 Å². The molecule has 9 nitrogen and oxygen atoms in total. The first-order chi connectivity index (χ1) is 18.3. The molecule has 1 unspecified atom stereocenters. The first kappa shape index (κ1) is 28.0. The molecule has 2 N–H and O–H groups in total. The lowest BCUT2D eigenvalue weighted by Gasteiger charge is -2.39. The van der Waals surface area contributed by atoms with E-state index in [0.29, 0.717) is 55.9 Å². The second-order valence-electron chi connectivity index (χ2n) is 10.1. The average molecular weight is 534 g/mol. The van der Waals surface area contributed by atoms with Gasteiger partial charge in [-0.3, -0.25) is 14.4 Å². The van der Waals surface area contributed by atoms with Crippen LogP contribution in [0.5, 0.6) is 0 Å². The van der Waals surface area contributed by atoms with Gasteiger partial charge in [0.05, 0.1) is 18.7 Å². The molecule has 0 bridgehead atoms. The molecular weight excluding hydrogens is 496 g/mol. The number of piperazine rings is 1. The second kappa shape index (κ2) is 12.7. The third-order valence-electron chi connectivity index (χ3n) is 7.60. The molecule has 0 radical (unpaired) electrons. The number of nitrogens with one attached hydrogen (secondary N) is 2. The number of halogens is 2. The molecule has 2 fully saturated rings. The van der Waals surface area contributed by atoms with Crippen molar-refractivity contribution in [1.29, 1.82) is 0 Å². The molecule has 38 heavy (non-hydrogen) atoms. The van der Waals surface area contributed by atoms with Gasteiger partial charge in [0.1, 0.15) is 11.7 Å². The van der Waals surface area contributed by atoms with Crippen LogP contribution in [0.15, 0.2) is 18.2 Å². The van der Waals surface area contributed by atoms with Gasteiger partial charge in [0.2, 0.25) is 11.8 Å². The molecule has 1 aromatic carbocycles. The molecule has 2 aromatic rings. The number of rotatable bonds is 9. The van der Waals surface area contributed by atoms with Crippen LogP contribution in [0.2, 0.25) is 0 Å². The van der Waals surface area contributed by atoms with Crippen LogP contribution in [0.25, 0.3) is 10.9 Å². The summed E-state index contributed by atoms with van der Waals surface area (Å²) in [5.41, 5.74) is 0.743. The molecule has 11 heteroatoms. The van der Waals surface area contributed by atoms with E-state index < -0.39 is 17.7 Å². The van der Waals surface area contributed by atoms with Crippen molar-refractivity contribution < 1.29 is 27.9 Å². The van der Waals surface area contributed by atoms with Crippen molar-refractivity contribution in [3.8, 4) is 0 Å². The minimum atomic E-state index is -0.977. The summed E-state index contributed by atoms with van der Waals surface area (Å²) in [5.74, 6) is -2.42. The van der Waals surface area contributed by atoms with Crippen LogP contribution in [0, 0.1) is 17.6 Å². The number of hydrogen-bond acceptors (Lipinski definition) is 5. The van der Waals surface area contributed by atoms with Crippen LogP contribution < -0.4 is 10.6 Å². The molecule has 1 aromatic heterocycles. The molecule has 2 aliphatic rings. The number of amides is 3. The van der Waals surface area contributed by atoms with E-state index in [-0.39, 0.29) is 30.2 Å². The average Bonchev–Trinajstić information content (AvgIpc) is 3.27. The largest absolute Gasteiger partial charge is 0.383 e. The minimum absolute atomic E-state index is 0.103. The van der Waals surface area contributed by atoms with Crippen LogP contribution in [0.1, 0.15) is 42.6 Å². The maximum absolute atomic E-state index is 14.0. The van der Waals surface area contributed by atoms with Crippen molar-refractivity contribution in [2.24, 2.45) is 5.92 Å². The standard InChI is InChI=1S/C27H37F2N5O4/c1-30-17-24(35)31-25(18-6-4-3-5-7-18)27(37)33-10-8-32(9-11-33)26(36)23-15-19-14-20(28)21(29)16-22(19)34(23)12-13-38-2/h14-16,18,25,30H,3-13,17H2,1-2H3,(H,31,35). The molecule has 1 saturated heterocycles. The number of carbonyl (C=O) groups excluding carboxylic acids is 3. The van der Waals surface area contributed by atoms with Crippen molar-refractivity contribution in [3.05, 3.63) is 35.5 Å². The Hall–Kier alpha value is -3.05. The molecule has 1 saturated carbocycles. The van der Waals surface area contributed by atoms with E-state index in [1.165, 1.54) is 7.11 Å². The number of likely N-dealkylation sites (N-methyl/N-ethyl adjacent to an activating group) is 1. The first-order valence-electron chi connectivity index (χ1n) is 13.3. The van der Waals surface area contributed by atoms with E-state index in [1.54, 1.807) is 27.5 Å². The van der Waals surface area contributed by atoms with Gasteiger partial charge >= 0.3 is 0 Å². The maximum Gasteiger partial charge on any atom is 0.270 e. The number of aromatic nitrogens is 1. The number of hydrogen-bond donors (Lipinski definition) is 2. The second-order valence-corrected chi connectivity index (χ2v) is 10.1. The number of nitrogens with zero attached hydrogens (tertiary/aromatic N) is 3. The zero-order valence-corrected chi connectivity index (χ0v) is 22.1. The number of benzene rings is 1. The SMILES string of the molecule is CNCC(=O)NC(C(=O)N1CCN(C(=O)c2cc3cc(F)c(F)cc3n2CCOC)CC1)C1CCCCC1. The minimum Gasteiger partial charge on any atom is -0.383 e. The van der Waals surface area contributed by atoms with Crippen LogP contribution in [0.4, 0.5) is 8.78 Å². The highest BCUT2D eigenvalue weighted by molar-refractivity contribution is 5.99. The fourth-order valence-corrected chi connectivity index (χ4v) is 5.58. The Morgan fingerprint density at radius 1 is 1.00 bits per heavy atom. The molecule has 0 spiro atoms. The van der Waals surface area contributed by atoms with Gasteiger partial charge in [0, 0.05) is 51.3 Å². The van der Waals surface area contributed by atoms with Crippen molar-refractivity contribution >= 4 is 28.6 Å². The van der Waals surface area contributed by atoms with E-state index in [4.69, 9.17) is 4.74 Å². The van der Waals surface area contributed by atoms with Crippen LogP contribution >= 0.6 is 0 Å². The number of fused-ring (bicyclic) bond motifs is 1. The third kappa shape index (κ3) is 6.15. The van der Waals surface area contributed by atoms with Gasteiger partial charge in [-0.25, -0.2) is 8.78 Å². The lowest BCUT2D eigenvalue weighted by atomic mass is 9.83. The summed E-state index contributed by atoms with van der Waals surface area (Å²) in [6.45, 7) is 2.08. The Bertz CT molecular complexity index is 1160. The summed E-state index contributed by atoms with van der Waals surface area (Å²) < 4.78 is 34.7. The Labute approximate surface area is 221 Å². The monoisotopic (exact) mass is 533 g/mol. The molecule has 4 rings (SSSR count). The zero-order chi connectivity index (χ0) is 27.2. The highest BCUT2D eigenvalue weighted by atomic mass is 19.2. The molecule has 208 valence electrons. The highest BCUT2D eigenvalue weighted by Crippen LogP contribution is 2.28. The highest BCUT2D eigenvalue weighted by Gasteiger charge is 2.36. The molecular formula is C27H37F2N5O4. The third-order valence-corrected chi connectivity index (χ3v) is 7.60. The molecule has 3 amide bonds. The Morgan fingerprint density at radius 3 is 2.32 bits per heavy atom.